The summed E-state index contributed by atoms with van der Waals surface area (Å²) in [5.41, 5.74) is 2.50. The largest absolute Gasteiger partial charge is 0.367 e. The highest BCUT2D eigenvalue weighted by atomic mass is 15.2. The van der Waals surface area contributed by atoms with Crippen molar-refractivity contribution in [3.63, 3.8) is 0 Å². The molecule has 1 saturated carbocycles. The van der Waals surface area contributed by atoms with Gasteiger partial charge in [0.15, 0.2) is 0 Å². The summed E-state index contributed by atoms with van der Waals surface area (Å²) in [6.45, 7) is 3.42. The van der Waals surface area contributed by atoms with Gasteiger partial charge in [-0.2, -0.15) is 0 Å². The van der Waals surface area contributed by atoms with Crippen molar-refractivity contribution < 1.29 is 0 Å². The summed E-state index contributed by atoms with van der Waals surface area (Å²) in [5, 5.41) is 3.33. The molecule has 2 unspecified atom stereocenters. The van der Waals surface area contributed by atoms with E-state index in [-0.39, 0.29) is 0 Å². The molecule has 2 atom stereocenters. The number of hydrogen-bond donors (Lipinski definition) is 1. The Morgan fingerprint density at radius 2 is 2.05 bits per heavy atom. The smallest absolute Gasteiger partial charge is 0.0574 e. The van der Waals surface area contributed by atoms with E-state index in [0.29, 0.717) is 6.04 Å². The molecule has 2 aliphatic rings. The third-order valence-corrected chi connectivity index (χ3v) is 5.46. The summed E-state index contributed by atoms with van der Waals surface area (Å²) in [5.74, 6) is 0.924. The zero-order chi connectivity index (χ0) is 14.7. The molecule has 1 aromatic heterocycles. The number of nitrogens with one attached hydrogen (secondary N) is 1. The maximum atomic E-state index is 4.72. The fourth-order valence-electron chi connectivity index (χ4n) is 4.28. The molecule has 21 heavy (non-hydrogen) atoms. The van der Waals surface area contributed by atoms with Crippen LogP contribution in [0.1, 0.15) is 63.6 Å². The van der Waals surface area contributed by atoms with Crippen molar-refractivity contribution in [2.75, 3.05) is 18.5 Å². The molecule has 3 nitrogen and oxygen atoms in total. The molecule has 1 saturated heterocycles. The molecular formula is C18H29N3. The number of nitrogens with zero attached hydrogens (tertiary/aromatic N) is 2. The molecule has 3 heteroatoms. The Bertz CT molecular complexity index is 432. The SMILES string of the molecule is CCC(NC)c1ccc(N2CCCC2C2CCCC2)cn1. The van der Waals surface area contributed by atoms with Gasteiger partial charge in [0.05, 0.1) is 17.6 Å². The van der Waals surface area contributed by atoms with Crippen LogP contribution in [-0.4, -0.2) is 24.6 Å². The molecular weight excluding hydrogens is 258 g/mol. The number of rotatable bonds is 5. The van der Waals surface area contributed by atoms with Crippen molar-refractivity contribution in [2.45, 2.75) is 64.0 Å². The van der Waals surface area contributed by atoms with E-state index in [1.54, 1.807) is 0 Å². The lowest BCUT2D eigenvalue weighted by atomic mass is 9.96. The third-order valence-electron chi connectivity index (χ3n) is 5.46. The van der Waals surface area contributed by atoms with Crippen LogP contribution >= 0.6 is 0 Å². The van der Waals surface area contributed by atoms with Crippen LogP contribution in [0.5, 0.6) is 0 Å². The maximum Gasteiger partial charge on any atom is 0.0574 e. The van der Waals surface area contributed by atoms with E-state index in [2.05, 4.69) is 35.5 Å². The summed E-state index contributed by atoms with van der Waals surface area (Å²) in [7, 11) is 2.01. The maximum absolute atomic E-state index is 4.72. The van der Waals surface area contributed by atoms with Crippen LogP contribution in [0.4, 0.5) is 5.69 Å². The molecule has 116 valence electrons. The van der Waals surface area contributed by atoms with Gasteiger partial charge >= 0.3 is 0 Å². The van der Waals surface area contributed by atoms with Gasteiger partial charge in [0, 0.05) is 18.6 Å². The summed E-state index contributed by atoms with van der Waals surface area (Å²) in [4.78, 5) is 7.35. The number of aromatic nitrogens is 1. The van der Waals surface area contributed by atoms with Crippen molar-refractivity contribution in [3.05, 3.63) is 24.0 Å². The number of pyridine rings is 1. The minimum Gasteiger partial charge on any atom is -0.367 e. The monoisotopic (exact) mass is 287 g/mol. The molecule has 0 bridgehead atoms. The second kappa shape index (κ2) is 6.78. The highest BCUT2D eigenvalue weighted by molar-refractivity contribution is 5.47. The summed E-state index contributed by atoms with van der Waals surface area (Å²) < 4.78 is 0. The Morgan fingerprint density at radius 1 is 1.24 bits per heavy atom. The number of anilines is 1. The highest BCUT2D eigenvalue weighted by Crippen LogP contribution is 2.37. The van der Waals surface area contributed by atoms with Gasteiger partial charge < -0.3 is 10.2 Å². The molecule has 2 fully saturated rings. The van der Waals surface area contributed by atoms with Gasteiger partial charge in [-0.05, 0) is 57.2 Å². The number of hydrogen-bond acceptors (Lipinski definition) is 3. The lowest BCUT2D eigenvalue weighted by Crippen LogP contribution is -2.34. The first-order valence-corrected chi connectivity index (χ1v) is 8.73. The molecule has 1 aromatic rings. The molecule has 0 radical (unpaired) electrons. The Hall–Kier alpha value is -1.09. The van der Waals surface area contributed by atoms with Crippen LogP contribution in [0.3, 0.4) is 0 Å². The summed E-state index contributed by atoms with van der Waals surface area (Å²) in [6, 6.07) is 5.65. The predicted octanol–water partition coefficient (Wildman–Crippen LogP) is 3.91. The minimum absolute atomic E-state index is 0.378. The molecule has 0 aromatic carbocycles. The van der Waals surface area contributed by atoms with Crippen molar-refractivity contribution in [2.24, 2.45) is 5.92 Å². The summed E-state index contributed by atoms with van der Waals surface area (Å²) in [6.07, 6.45) is 11.6. The minimum atomic E-state index is 0.378. The first-order valence-electron chi connectivity index (χ1n) is 8.73. The quantitative estimate of drug-likeness (QED) is 0.890. The van der Waals surface area contributed by atoms with Crippen LogP contribution in [-0.2, 0) is 0 Å². The van der Waals surface area contributed by atoms with E-state index in [4.69, 9.17) is 4.98 Å². The van der Waals surface area contributed by atoms with E-state index in [1.807, 2.05) is 7.05 Å². The molecule has 1 aliphatic carbocycles. The van der Waals surface area contributed by atoms with Gasteiger partial charge in [0.1, 0.15) is 0 Å². The van der Waals surface area contributed by atoms with Crippen molar-refractivity contribution in [3.8, 4) is 0 Å². The second-order valence-electron chi connectivity index (χ2n) is 6.64. The first-order chi connectivity index (χ1) is 10.3. The van der Waals surface area contributed by atoms with E-state index >= 15 is 0 Å². The average molecular weight is 287 g/mol. The van der Waals surface area contributed by atoms with Crippen LogP contribution in [0, 0.1) is 5.92 Å². The van der Waals surface area contributed by atoms with E-state index in [0.717, 1.165) is 18.4 Å². The standard InChI is InChI=1S/C18H29N3/c1-3-16(19-2)17-11-10-15(13-20-17)21-12-6-9-18(21)14-7-4-5-8-14/h10-11,13-14,16,18-19H,3-9,12H2,1-2H3. The van der Waals surface area contributed by atoms with Crippen LogP contribution in [0.2, 0.25) is 0 Å². The second-order valence-corrected chi connectivity index (χ2v) is 6.64. The Kier molecular flexibility index (Phi) is 4.79. The normalized spacial score (nSPS) is 24.7. The van der Waals surface area contributed by atoms with Gasteiger partial charge in [-0.25, -0.2) is 0 Å². The van der Waals surface area contributed by atoms with Crippen molar-refractivity contribution >= 4 is 5.69 Å². The molecule has 0 amide bonds. The first kappa shape index (κ1) is 14.8. The Labute approximate surface area is 129 Å². The zero-order valence-corrected chi connectivity index (χ0v) is 13.5. The molecule has 1 N–H and O–H groups in total. The van der Waals surface area contributed by atoms with Crippen molar-refractivity contribution in [1.29, 1.82) is 0 Å². The van der Waals surface area contributed by atoms with Crippen LogP contribution in [0.15, 0.2) is 18.3 Å². The average Bonchev–Trinajstić information content (AvgIpc) is 3.20. The van der Waals surface area contributed by atoms with E-state index in [1.165, 1.54) is 56.5 Å². The lowest BCUT2D eigenvalue weighted by molar-refractivity contribution is 0.430. The topological polar surface area (TPSA) is 28.2 Å². The third kappa shape index (κ3) is 3.08. The van der Waals surface area contributed by atoms with Gasteiger partial charge in [0.2, 0.25) is 0 Å². The van der Waals surface area contributed by atoms with Crippen LogP contribution < -0.4 is 10.2 Å². The van der Waals surface area contributed by atoms with E-state index < -0.39 is 0 Å². The Morgan fingerprint density at radius 3 is 2.67 bits per heavy atom. The van der Waals surface area contributed by atoms with Crippen molar-refractivity contribution in [1.82, 2.24) is 10.3 Å². The molecule has 0 spiro atoms. The van der Waals surface area contributed by atoms with E-state index in [9.17, 15) is 0 Å². The lowest BCUT2D eigenvalue weighted by Gasteiger charge is -2.31. The fraction of sp³-hybridized carbons (Fsp3) is 0.722. The highest BCUT2D eigenvalue weighted by Gasteiger charge is 2.33. The molecule has 1 aliphatic heterocycles. The zero-order valence-electron chi connectivity index (χ0n) is 13.5. The van der Waals surface area contributed by atoms with Crippen LogP contribution in [0.25, 0.3) is 0 Å². The fourth-order valence-corrected chi connectivity index (χ4v) is 4.28. The predicted molar refractivity (Wildman–Crippen MR) is 88.7 cm³/mol. The molecule has 3 rings (SSSR count). The van der Waals surface area contributed by atoms with Gasteiger partial charge in [0.25, 0.3) is 0 Å². The Balaban J connectivity index is 1.73. The van der Waals surface area contributed by atoms with Gasteiger partial charge in [-0.3, -0.25) is 4.98 Å². The van der Waals surface area contributed by atoms with Gasteiger partial charge in [-0.15, -0.1) is 0 Å². The van der Waals surface area contributed by atoms with Gasteiger partial charge in [-0.1, -0.05) is 19.8 Å². The summed E-state index contributed by atoms with van der Waals surface area (Å²) >= 11 is 0. The molecule has 2 heterocycles.